The first-order chi connectivity index (χ1) is 9.17. The van der Waals surface area contributed by atoms with Crippen LogP contribution in [0, 0.1) is 6.92 Å². The number of methoxy groups -OCH3 is 1. The second-order valence-electron chi connectivity index (χ2n) is 4.47. The zero-order valence-electron chi connectivity index (χ0n) is 11.4. The van der Waals surface area contributed by atoms with Crippen LogP contribution in [-0.2, 0) is 0 Å². The van der Waals surface area contributed by atoms with Crippen molar-refractivity contribution in [3.05, 3.63) is 64.2 Å². The van der Waals surface area contributed by atoms with Crippen molar-refractivity contribution in [2.45, 2.75) is 13.0 Å². The average molecular weight is 276 g/mol. The average Bonchev–Trinajstić information content (AvgIpc) is 2.43. The molecule has 0 fully saturated rings. The molecule has 19 heavy (non-hydrogen) atoms. The summed E-state index contributed by atoms with van der Waals surface area (Å²) in [4.78, 5) is 0. The summed E-state index contributed by atoms with van der Waals surface area (Å²) >= 11 is 6.29. The zero-order valence-corrected chi connectivity index (χ0v) is 12.2. The van der Waals surface area contributed by atoms with Gasteiger partial charge in [0, 0.05) is 5.02 Å². The van der Waals surface area contributed by atoms with Crippen LogP contribution in [0.4, 0.5) is 0 Å². The lowest BCUT2D eigenvalue weighted by Gasteiger charge is -2.21. The van der Waals surface area contributed by atoms with Crippen LogP contribution in [0.5, 0.6) is 5.75 Å². The van der Waals surface area contributed by atoms with Crippen LogP contribution in [0.1, 0.15) is 22.7 Å². The summed E-state index contributed by atoms with van der Waals surface area (Å²) in [7, 11) is 3.62. The van der Waals surface area contributed by atoms with E-state index in [0.29, 0.717) is 0 Å². The van der Waals surface area contributed by atoms with Crippen LogP contribution in [0.3, 0.4) is 0 Å². The maximum Gasteiger partial charge on any atom is 0.119 e. The van der Waals surface area contributed by atoms with Gasteiger partial charge in [0.25, 0.3) is 0 Å². The molecule has 0 amide bonds. The lowest BCUT2D eigenvalue weighted by molar-refractivity contribution is 0.414. The van der Waals surface area contributed by atoms with Gasteiger partial charge in [0.05, 0.1) is 13.2 Å². The SMILES string of the molecule is CNC(c1ccc(OC)cc1C)c1ccccc1Cl. The summed E-state index contributed by atoms with van der Waals surface area (Å²) < 4.78 is 5.25. The number of rotatable bonds is 4. The molecule has 1 N–H and O–H groups in total. The molecule has 0 saturated heterocycles. The molecule has 0 heterocycles. The molecule has 2 nitrogen and oxygen atoms in total. The van der Waals surface area contributed by atoms with Gasteiger partial charge in [-0.25, -0.2) is 0 Å². The van der Waals surface area contributed by atoms with Crippen molar-refractivity contribution in [2.75, 3.05) is 14.2 Å². The summed E-state index contributed by atoms with van der Waals surface area (Å²) in [6, 6.07) is 14.1. The summed E-state index contributed by atoms with van der Waals surface area (Å²) in [5, 5.41) is 4.10. The van der Waals surface area contributed by atoms with Gasteiger partial charge in [-0.2, -0.15) is 0 Å². The van der Waals surface area contributed by atoms with E-state index < -0.39 is 0 Å². The predicted octanol–water partition coefficient (Wildman–Crippen LogP) is 3.97. The molecule has 0 aliphatic rings. The number of benzene rings is 2. The number of ether oxygens (including phenoxy) is 1. The number of halogens is 1. The molecule has 0 aromatic heterocycles. The van der Waals surface area contributed by atoms with Gasteiger partial charge in [0.2, 0.25) is 0 Å². The zero-order chi connectivity index (χ0) is 13.8. The van der Waals surface area contributed by atoms with Gasteiger partial charge in [0.1, 0.15) is 5.75 Å². The van der Waals surface area contributed by atoms with Crippen LogP contribution in [0.25, 0.3) is 0 Å². The van der Waals surface area contributed by atoms with Crippen LogP contribution in [0.15, 0.2) is 42.5 Å². The molecule has 2 aromatic carbocycles. The summed E-state index contributed by atoms with van der Waals surface area (Å²) in [6.45, 7) is 2.08. The molecule has 3 heteroatoms. The Kier molecular flexibility index (Phi) is 4.46. The van der Waals surface area contributed by atoms with Crippen molar-refractivity contribution in [1.29, 1.82) is 0 Å². The topological polar surface area (TPSA) is 21.3 Å². The van der Waals surface area contributed by atoms with Gasteiger partial charge in [-0.3, -0.25) is 0 Å². The van der Waals surface area contributed by atoms with Crippen molar-refractivity contribution in [3.8, 4) is 5.75 Å². The Bertz CT molecular complexity index is 568. The van der Waals surface area contributed by atoms with Gasteiger partial charge in [0.15, 0.2) is 0 Å². The van der Waals surface area contributed by atoms with Crippen LogP contribution < -0.4 is 10.1 Å². The molecule has 0 saturated carbocycles. The van der Waals surface area contributed by atoms with Gasteiger partial charge < -0.3 is 10.1 Å². The highest BCUT2D eigenvalue weighted by molar-refractivity contribution is 6.31. The Morgan fingerprint density at radius 3 is 2.42 bits per heavy atom. The lowest BCUT2D eigenvalue weighted by Crippen LogP contribution is -2.19. The maximum absolute atomic E-state index is 6.29. The maximum atomic E-state index is 6.29. The Balaban J connectivity index is 2.46. The van der Waals surface area contributed by atoms with E-state index in [1.807, 2.05) is 43.4 Å². The molecule has 100 valence electrons. The second-order valence-corrected chi connectivity index (χ2v) is 4.87. The first-order valence-electron chi connectivity index (χ1n) is 6.23. The van der Waals surface area contributed by atoms with Crippen molar-refractivity contribution in [2.24, 2.45) is 0 Å². The van der Waals surface area contributed by atoms with E-state index in [-0.39, 0.29) is 6.04 Å². The monoisotopic (exact) mass is 275 g/mol. The molecule has 0 aliphatic heterocycles. The number of aryl methyl sites for hydroxylation is 1. The number of nitrogens with one attached hydrogen (secondary N) is 1. The van der Waals surface area contributed by atoms with E-state index in [9.17, 15) is 0 Å². The van der Waals surface area contributed by atoms with E-state index in [1.165, 1.54) is 11.1 Å². The van der Waals surface area contributed by atoms with E-state index in [2.05, 4.69) is 18.3 Å². The van der Waals surface area contributed by atoms with Gasteiger partial charge in [-0.05, 0) is 48.9 Å². The van der Waals surface area contributed by atoms with Crippen LogP contribution in [0.2, 0.25) is 5.02 Å². The number of hydrogen-bond donors (Lipinski definition) is 1. The third kappa shape index (κ3) is 2.91. The quantitative estimate of drug-likeness (QED) is 0.912. The highest BCUT2D eigenvalue weighted by Crippen LogP contribution is 2.31. The van der Waals surface area contributed by atoms with Crippen molar-refractivity contribution in [1.82, 2.24) is 5.32 Å². The Labute approximate surface area is 119 Å². The lowest BCUT2D eigenvalue weighted by atomic mass is 9.95. The number of hydrogen-bond acceptors (Lipinski definition) is 2. The molecular weight excluding hydrogens is 258 g/mol. The van der Waals surface area contributed by atoms with Crippen molar-refractivity contribution < 1.29 is 4.74 Å². The summed E-state index contributed by atoms with van der Waals surface area (Å²) in [6.07, 6.45) is 0. The minimum Gasteiger partial charge on any atom is -0.497 e. The molecule has 0 radical (unpaired) electrons. The normalized spacial score (nSPS) is 12.2. The standard InChI is InChI=1S/C16H18ClNO/c1-11-10-12(19-3)8-9-13(11)16(18-2)14-6-4-5-7-15(14)17/h4-10,16,18H,1-3H3. The molecule has 1 atom stereocenters. The summed E-state index contributed by atoms with van der Waals surface area (Å²) in [5.74, 6) is 0.871. The van der Waals surface area contributed by atoms with Crippen molar-refractivity contribution in [3.63, 3.8) is 0 Å². The molecule has 0 bridgehead atoms. The molecule has 1 unspecified atom stereocenters. The van der Waals surface area contributed by atoms with E-state index in [0.717, 1.165) is 16.3 Å². The van der Waals surface area contributed by atoms with Gasteiger partial charge in [-0.1, -0.05) is 35.9 Å². The van der Waals surface area contributed by atoms with E-state index in [4.69, 9.17) is 16.3 Å². The Morgan fingerprint density at radius 1 is 1.11 bits per heavy atom. The first kappa shape index (κ1) is 13.9. The minimum absolute atomic E-state index is 0.0830. The molecule has 0 spiro atoms. The van der Waals surface area contributed by atoms with Gasteiger partial charge >= 0.3 is 0 Å². The Morgan fingerprint density at radius 2 is 1.84 bits per heavy atom. The van der Waals surface area contributed by atoms with E-state index in [1.54, 1.807) is 7.11 Å². The first-order valence-corrected chi connectivity index (χ1v) is 6.61. The largest absolute Gasteiger partial charge is 0.497 e. The van der Waals surface area contributed by atoms with Crippen LogP contribution >= 0.6 is 11.6 Å². The minimum atomic E-state index is 0.0830. The third-order valence-electron chi connectivity index (χ3n) is 3.29. The molecular formula is C16H18ClNO. The molecule has 2 rings (SSSR count). The van der Waals surface area contributed by atoms with Crippen molar-refractivity contribution >= 4 is 11.6 Å². The van der Waals surface area contributed by atoms with E-state index >= 15 is 0 Å². The fourth-order valence-electron chi connectivity index (χ4n) is 2.29. The smallest absolute Gasteiger partial charge is 0.119 e. The highest BCUT2D eigenvalue weighted by atomic mass is 35.5. The fraction of sp³-hybridized carbons (Fsp3) is 0.250. The Hall–Kier alpha value is -1.51. The fourth-order valence-corrected chi connectivity index (χ4v) is 2.53. The summed E-state index contributed by atoms with van der Waals surface area (Å²) in [5.41, 5.74) is 3.47. The second kappa shape index (κ2) is 6.09. The predicted molar refractivity (Wildman–Crippen MR) is 80.1 cm³/mol. The van der Waals surface area contributed by atoms with Crippen LogP contribution in [-0.4, -0.2) is 14.2 Å². The van der Waals surface area contributed by atoms with Gasteiger partial charge in [-0.15, -0.1) is 0 Å². The highest BCUT2D eigenvalue weighted by Gasteiger charge is 2.16. The third-order valence-corrected chi connectivity index (χ3v) is 3.64. The molecule has 0 aliphatic carbocycles. The molecule has 2 aromatic rings.